The highest BCUT2D eigenvalue weighted by atomic mass is 16.4. The smallest absolute Gasteiger partial charge is 0.290 e. The lowest BCUT2D eigenvalue weighted by Gasteiger charge is -1.34. The van der Waals surface area contributed by atoms with Crippen LogP contribution in [0, 0.1) is 0 Å². The normalized spacial score (nSPS) is 1.00. The molecule has 0 saturated carbocycles. The van der Waals surface area contributed by atoms with Crippen LogP contribution in [0.4, 0.5) is 0 Å². The number of carboxylic acid groups (broad SMARTS) is 10. The second-order valence-corrected chi connectivity index (χ2v) is 1.05. The van der Waals surface area contributed by atoms with E-state index in [1.807, 2.05) is 0 Å². The fraction of sp³-hybridized carbons (Fsp3) is 0. The van der Waals surface area contributed by atoms with Crippen LogP contribution in [-0.4, -0.2) is 116 Å². The lowest BCUT2D eigenvalue weighted by Crippen LogP contribution is -1.49. The monoisotopic (exact) mass is 1990 g/mol. The van der Waals surface area contributed by atoms with Gasteiger partial charge in [-0.1, -0.05) is 0 Å². The third-order valence-electron chi connectivity index (χ3n) is 0. The largest absolute Gasteiger partial charge is 0.483 e. The summed E-state index contributed by atoms with van der Waals surface area (Å²) in [6.45, 7) is -2.50. The second kappa shape index (κ2) is 1080000. The summed E-state index contributed by atoms with van der Waals surface area (Å²) in [7, 11) is 0. The average Bonchev–Trinajstić information content (AvgIpc) is 2.61. The van der Waals surface area contributed by atoms with Crippen molar-refractivity contribution in [2.45, 2.75) is 0 Å². The van der Waals surface area contributed by atoms with E-state index in [-0.39, 0.29) is 618 Å². The summed E-state index contributed by atoms with van der Waals surface area (Å²) < 4.78 is 0. The van der Waals surface area contributed by atoms with E-state index in [0.717, 1.165) is 0 Å². The Hall–Kier alpha value is -8.90. The molecule has 120 heavy (non-hydrogen) atoms. The Balaban J connectivity index is -0.000000000349. The summed E-state index contributed by atoms with van der Waals surface area (Å²) >= 11 is 0. The van der Waals surface area contributed by atoms with E-state index in [1.165, 1.54) is 0 Å². The van der Waals surface area contributed by atoms with Crippen LogP contribution in [0.25, 0.3) is 0 Å². The van der Waals surface area contributed by atoms with E-state index >= 15 is 0 Å². The Morgan fingerprint density at radius 1 is 0.0583 bits per heavy atom. The van der Waals surface area contributed by atoms with Crippen molar-refractivity contribution in [3.05, 3.63) is 0 Å². The van der Waals surface area contributed by atoms with Crippen LogP contribution in [-0.2, 0) is 47.9 Å². The Morgan fingerprint density at radius 2 is 0.0583 bits per heavy atom. The van der Waals surface area contributed by atoms with Crippen LogP contribution in [0.2, 0.25) is 0 Å². The molecule has 280 N–H and O–H groups in total. The van der Waals surface area contributed by atoms with Crippen molar-refractivity contribution < 1.29 is 99.0 Å². The predicted octanol–water partition coefficient (Wildman–Crippen LogP) is 11.6. The first-order valence-electron chi connectivity index (χ1n) is 4.94. The van der Waals surface area contributed by atoms with Crippen molar-refractivity contribution in [1.82, 2.24) is 554 Å². The fourth-order valence-corrected chi connectivity index (χ4v) is 0. The molecule has 0 heterocycles. The SMILES string of the molecule is N.N.N.N.N.N.N.N.N.N.N.N.N.N.N.N.N.N.N.N.N.N.N.N.N.N.N.N.N.N.N.N.N.N.N.N.N.N.N.N.N.N.N.N.N.N.N.N.N.N.N.N.N.N.N.N.N.N.N.N.N.N.N.N.N.N.N.N.N.N.N.N.N.N.N.N.N.N.N.N.N.N.N.N.N.N.N.N.N.N.O=CO.O=CO.O=CO.O=CO.O=CO.O=CO.O=CO.O=CO.O=CO.O=CO. The maximum Gasteiger partial charge on any atom is 0.290 e. The summed E-state index contributed by atoms with van der Waals surface area (Å²) in [6.07, 6.45) is 0. The first kappa shape index (κ1) is 10900. The zero-order valence-corrected chi connectivity index (χ0v) is 78.0. The van der Waals surface area contributed by atoms with Crippen LogP contribution in [0.1, 0.15) is 0 Å². The highest BCUT2D eigenvalue weighted by molar-refractivity contribution is 5.34. The van der Waals surface area contributed by atoms with E-state index in [9.17, 15) is 0 Å². The zero-order valence-electron chi connectivity index (χ0n) is 78.0. The number of hydrogen-bond acceptors (Lipinski definition) is 100. The van der Waals surface area contributed by atoms with Crippen LogP contribution in [0.5, 0.6) is 0 Å². The zero-order chi connectivity index (χ0) is 27.1. The van der Waals surface area contributed by atoms with Crippen molar-refractivity contribution in [1.29, 1.82) is 0 Å². The summed E-state index contributed by atoms with van der Waals surface area (Å²) in [6, 6.07) is 0. The van der Waals surface area contributed by atoms with Gasteiger partial charge in [-0.25, -0.2) is 0 Å². The fourth-order valence-electron chi connectivity index (χ4n) is 0. The molecule has 0 fully saturated rings. The van der Waals surface area contributed by atoms with Gasteiger partial charge in [0, 0.05) is 0 Å². The predicted molar refractivity (Wildman–Crippen MR) is 539 cm³/mol. The van der Waals surface area contributed by atoms with Gasteiger partial charge in [-0.2, -0.15) is 0 Å². The van der Waals surface area contributed by atoms with Gasteiger partial charge in [-0.05, 0) is 0 Å². The topological polar surface area (TPSA) is 3520 Å². The lowest BCUT2D eigenvalue weighted by molar-refractivity contribution is -0.123. The van der Waals surface area contributed by atoms with E-state index in [2.05, 4.69) is 0 Å². The molecule has 110 nitrogen and oxygen atoms in total. The Labute approximate surface area is 717 Å². The van der Waals surface area contributed by atoms with Crippen LogP contribution >= 0.6 is 0 Å². The first-order chi connectivity index (χ1) is 14.1. The van der Waals surface area contributed by atoms with Gasteiger partial charge in [0.1, 0.15) is 0 Å². The molecule has 900 valence electrons. The molecule has 0 aromatic rings. The summed E-state index contributed by atoms with van der Waals surface area (Å²) in [4.78, 5) is 83.6. The molecular formula is C10H290N90O20. The van der Waals surface area contributed by atoms with Gasteiger partial charge in [0.2, 0.25) is 0 Å². The number of rotatable bonds is 0. The third kappa shape index (κ3) is 16100. The van der Waals surface area contributed by atoms with Crippen molar-refractivity contribution in [2.75, 3.05) is 0 Å². The van der Waals surface area contributed by atoms with Gasteiger partial charge in [-0.3, -0.25) is 47.9 Å². The molecule has 0 radical (unpaired) electrons. The molecule has 0 amide bonds. The van der Waals surface area contributed by atoms with Gasteiger partial charge in [0.25, 0.3) is 64.7 Å². The molecule has 0 aromatic carbocycles. The molecule has 0 unspecified atom stereocenters. The quantitative estimate of drug-likeness (QED) is 0.100. The number of carbonyl (C=O) groups is 10. The summed E-state index contributed by atoms with van der Waals surface area (Å²) in [5.41, 5.74) is 0. The maximum absolute atomic E-state index is 8.36. The summed E-state index contributed by atoms with van der Waals surface area (Å²) in [5.74, 6) is 0. The Kier molecular flexibility index (Phi) is 98700000. The van der Waals surface area contributed by atoms with Crippen molar-refractivity contribution in [2.24, 2.45) is 0 Å². The standard InChI is InChI=1S/10CH2O2.90H3N/c10*2-1-3;;;;;;;;;;;;;;;;;;;;;;;;;;;;;;;;;;;;;;;;;;;;;;;;;;;;;;;;;;;;;;;;;;;;;;;;;;;;;;;;;;;;;;;;;;/h10*1H,(H,2,3);90*1H3. The molecule has 0 rings (SSSR count). The Bertz CT molecular complexity index is 300. The Morgan fingerprint density at radius 3 is 0.0583 bits per heavy atom. The molecule has 0 aliphatic rings. The average molecular weight is 1990 g/mol. The first-order valence-corrected chi connectivity index (χ1v) is 4.94. The number of hydrogen-bond donors (Lipinski definition) is 100. The van der Waals surface area contributed by atoms with Gasteiger partial charge in [0.15, 0.2) is 0 Å². The van der Waals surface area contributed by atoms with E-state index in [1.54, 1.807) is 0 Å². The molecule has 0 aliphatic carbocycles. The lowest BCUT2D eigenvalue weighted by atomic mass is 11.7. The van der Waals surface area contributed by atoms with E-state index < -0.39 is 0 Å². The van der Waals surface area contributed by atoms with Crippen LogP contribution < -0.4 is 554 Å². The molecule has 0 saturated heterocycles. The van der Waals surface area contributed by atoms with Gasteiger partial charge < -0.3 is 605 Å². The molecule has 0 bridgehead atoms. The van der Waals surface area contributed by atoms with Crippen LogP contribution in [0.15, 0.2) is 0 Å². The molecule has 0 aliphatic heterocycles. The third-order valence-corrected chi connectivity index (χ3v) is 0. The molecular weight excluding hydrogens is 1700 g/mol. The highest BCUT2D eigenvalue weighted by Crippen LogP contribution is 0.994. The van der Waals surface area contributed by atoms with Gasteiger partial charge in [-0.15, -0.1) is 0 Å². The van der Waals surface area contributed by atoms with Crippen molar-refractivity contribution in [3.8, 4) is 0 Å². The van der Waals surface area contributed by atoms with Gasteiger partial charge >= 0.3 is 0 Å². The minimum atomic E-state index is -0.250. The van der Waals surface area contributed by atoms with E-state index in [0.29, 0.717) is 0 Å². The van der Waals surface area contributed by atoms with Crippen molar-refractivity contribution >= 4 is 64.7 Å². The minimum absolute atomic E-state index is 0. The second-order valence-electron chi connectivity index (χ2n) is 1.05. The van der Waals surface area contributed by atoms with Gasteiger partial charge in [0.05, 0.1) is 0 Å². The highest BCUT2D eigenvalue weighted by Gasteiger charge is 1.24. The van der Waals surface area contributed by atoms with Crippen molar-refractivity contribution in [3.63, 3.8) is 0 Å². The van der Waals surface area contributed by atoms with Crippen LogP contribution in [0.3, 0.4) is 0 Å². The minimum Gasteiger partial charge on any atom is -0.483 e. The maximum atomic E-state index is 8.36. The summed E-state index contributed by atoms with van der Waals surface area (Å²) in [5, 5.41) is 68.9. The molecule has 110 heteroatoms. The van der Waals surface area contributed by atoms with E-state index in [4.69, 9.17) is 99.0 Å². The molecule has 0 aromatic heterocycles. The molecule has 0 atom stereocenters. The molecule has 0 spiro atoms.